The molecule has 0 saturated carbocycles. The molecule has 132 valence electrons. The Morgan fingerprint density at radius 3 is 2.50 bits per heavy atom. The smallest absolute Gasteiger partial charge is 0.335 e. The number of carboxylic acids is 1. The van der Waals surface area contributed by atoms with E-state index in [1.54, 1.807) is 18.2 Å². The van der Waals surface area contributed by atoms with Gasteiger partial charge in [-0.1, -0.05) is 35.9 Å². The molecule has 0 spiro atoms. The first kappa shape index (κ1) is 17.8. The van der Waals surface area contributed by atoms with Crippen LogP contribution in [0.5, 0.6) is 0 Å². The SMILES string of the molecule is O=C(O)c1ccc(CNC(=O)c2sc3c([N+](=O)[O-])cccc3c2Cl)cc1. The van der Waals surface area contributed by atoms with Crippen LogP contribution in [0, 0.1) is 10.1 Å². The first-order valence-electron chi connectivity index (χ1n) is 7.34. The van der Waals surface area contributed by atoms with E-state index in [4.69, 9.17) is 16.7 Å². The highest BCUT2D eigenvalue weighted by Crippen LogP contribution is 2.40. The summed E-state index contributed by atoms with van der Waals surface area (Å²) in [5.74, 6) is -1.48. The van der Waals surface area contributed by atoms with E-state index in [1.807, 2.05) is 0 Å². The third-order valence-corrected chi connectivity index (χ3v) is 5.42. The first-order valence-corrected chi connectivity index (χ1v) is 8.53. The maximum Gasteiger partial charge on any atom is 0.335 e. The van der Waals surface area contributed by atoms with E-state index in [0.717, 1.165) is 11.3 Å². The summed E-state index contributed by atoms with van der Waals surface area (Å²) in [6, 6.07) is 10.6. The Kier molecular flexibility index (Phi) is 4.88. The van der Waals surface area contributed by atoms with Gasteiger partial charge in [0.1, 0.15) is 9.58 Å². The molecular weight excluding hydrogens is 380 g/mol. The summed E-state index contributed by atoms with van der Waals surface area (Å²) in [5, 5.41) is 23.3. The summed E-state index contributed by atoms with van der Waals surface area (Å²) in [4.78, 5) is 34.0. The lowest BCUT2D eigenvalue weighted by molar-refractivity contribution is -0.382. The van der Waals surface area contributed by atoms with Crippen LogP contribution in [0.15, 0.2) is 42.5 Å². The van der Waals surface area contributed by atoms with Crippen LogP contribution in [-0.4, -0.2) is 21.9 Å². The maximum atomic E-state index is 12.4. The molecule has 0 atom stereocenters. The number of benzene rings is 2. The monoisotopic (exact) mass is 390 g/mol. The molecule has 0 fully saturated rings. The third-order valence-electron chi connectivity index (χ3n) is 3.69. The number of hydrogen-bond acceptors (Lipinski definition) is 5. The molecule has 3 aromatic rings. The fourth-order valence-corrected chi connectivity index (χ4v) is 3.90. The van der Waals surface area contributed by atoms with Crippen molar-refractivity contribution in [3.63, 3.8) is 0 Å². The quantitative estimate of drug-likeness (QED) is 0.503. The molecule has 0 aliphatic rings. The largest absolute Gasteiger partial charge is 0.478 e. The zero-order valence-corrected chi connectivity index (χ0v) is 14.6. The molecule has 3 rings (SSSR count). The fraction of sp³-hybridized carbons (Fsp3) is 0.0588. The molecule has 0 saturated heterocycles. The summed E-state index contributed by atoms with van der Waals surface area (Å²) < 4.78 is 0.346. The number of thiophene rings is 1. The van der Waals surface area contributed by atoms with Crippen molar-refractivity contribution in [2.75, 3.05) is 0 Å². The van der Waals surface area contributed by atoms with Gasteiger partial charge in [-0.2, -0.15) is 0 Å². The van der Waals surface area contributed by atoms with Crippen molar-refractivity contribution in [3.8, 4) is 0 Å². The molecule has 7 nitrogen and oxygen atoms in total. The molecule has 9 heteroatoms. The van der Waals surface area contributed by atoms with Gasteiger partial charge in [-0.25, -0.2) is 4.79 Å². The van der Waals surface area contributed by atoms with Crippen LogP contribution >= 0.6 is 22.9 Å². The van der Waals surface area contributed by atoms with Gasteiger partial charge in [-0.05, 0) is 17.7 Å². The van der Waals surface area contributed by atoms with E-state index in [1.165, 1.54) is 24.3 Å². The van der Waals surface area contributed by atoms with E-state index < -0.39 is 16.8 Å². The molecule has 1 amide bonds. The molecule has 1 heterocycles. The van der Waals surface area contributed by atoms with Gasteiger partial charge in [0, 0.05) is 18.0 Å². The Hall–Kier alpha value is -2.97. The van der Waals surface area contributed by atoms with Gasteiger partial charge in [-0.15, -0.1) is 11.3 Å². The molecule has 2 N–H and O–H groups in total. The summed E-state index contributed by atoms with van der Waals surface area (Å²) >= 11 is 7.19. The average molecular weight is 391 g/mol. The predicted octanol–water partition coefficient (Wildman–Crippen LogP) is 4.09. The second-order valence-electron chi connectivity index (χ2n) is 5.34. The number of carboxylic acid groups (broad SMARTS) is 1. The highest BCUT2D eigenvalue weighted by Gasteiger charge is 2.22. The molecule has 2 aromatic carbocycles. The van der Waals surface area contributed by atoms with Crippen LogP contribution < -0.4 is 5.32 Å². The first-order chi connectivity index (χ1) is 12.4. The molecule has 0 bridgehead atoms. The number of nitro benzene ring substituents is 1. The number of fused-ring (bicyclic) bond motifs is 1. The Bertz CT molecular complexity index is 1030. The highest BCUT2D eigenvalue weighted by atomic mass is 35.5. The normalized spacial score (nSPS) is 10.7. The molecule has 0 radical (unpaired) electrons. The van der Waals surface area contributed by atoms with Gasteiger partial charge in [-0.3, -0.25) is 14.9 Å². The fourth-order valence-electron chi connectivity index (χ4n) is 2.39. The third kappa shape index (κ3) is 3.37. The molecule has 0 aliphatic carbocycles. The van der Waals surface area contributed by atoms with Crippen LogP contribution in [0.1, 0.15) is 25.6 Å². The Labute approximate surface area is 156 Å². The van der Waals surface area contributed by atoms with Gasteiger partial charge in [0.05, 0.1) is 15.5 Å². The summed E-state index contributed by atoms with van der Waals surface area (Å²) in [7, 11) is 0. The van der Waals surface area contributed by atoms with Crippen molar-refractivity contribution in [2.24, 2.45) is 0 Å². The molecule has 0 aliphatic heterocycles. The number of nitrogens with one attached hydrogen (secondary N) is 1. The molecule has 1 aromatic heterocycles. The zero-order chi connectivity index (χ0) is 18.8. The zero-order valence-electron chi connectivity index (χ0n) is 13.1. The van der Waals surface area contributed by atoms with Crippen molar-refractivity contribution in [1.29, 1.82) is 0 Å². The Morgan fingerprint density at radius 2 is 1.88 bits per heavy atom. The number of rotatable bonds is 5. The van der Waals surface area contributed by atoms with Gasteiger partial charge in [0.2, 0.25) is 0 Å². The molecule has 0 unspecified atom stereocenters. The number of nitro groups is 1. The van der Waals surface area contributed by atoms with Gasteiger partial charge < -0.3 is 10.4 Å². The Morgan fingerprint density at radius 1 is 1.19 bits per heavy atom. The van der Waals surface area contributed by atoms with Crippen LogP contribution in [0.25, 0.3) is 10.1 Å². The van der Waals surface area contributed by atoms with Crippen LogP contribution in [0.3, 0.4) is 0 Å². The van der Waals surface area contributed by atoms with Crippen molar-refractivity contribution in [1.82, 2.24) is 5.32 Å². The topological polar surface area (TPSA) is 110 Å². The predicted molar refractivity (Wildman–Crippen MR) is 98.1 cm³/mol. The second kappa shape index (κ2) is 7.11. The summed E-state index contributed by atoms with van der Waals surface area (Å²) in [5.41, 5.74) is 0.768. The standard InChI is InChI=1S/C17H11ClN2O5S/c18-13-11-2-1-3-12(20(24)25)14(11)26-15(13)16(21)19-8-9-4-6-10(7-5-9)17(22)23/h1-7H,8H2,(H,19,21)(H,22,23). The van der Waals surface area contributed by atoms with Crippen molar-refractivity contribution in [3.05, 3.63) is 73.6 Å². The van der Waals surface area contributed by atoms with Crippen LogP contribution in [-0.2, 0) is 6.54 Å². The average Bonchev–Trinajstić information content (AvgIpc) is 2.97. The maximum absolute atomic E-state index is 12.4. The minimum absolute atomic E-state index is 0.0993. The van der Waals surface area contributed by atoms with E-state index in [2.05, 4.69) is 5.32 Å². The lowest BCUT2D eigenvalue weighted by Crippen LogP contribution is -2.22. The van der Waals surface area contributed by atoms with Gasteiger partial charge >= 0.3 is 5.97 Å². The van der Waals surface area contributed by atoms with E-state index in [-0.39, 0.29) is 27.7 Å². The summed E-state index contributed by atoms with van der Waals surface area (Å²) in [6.45, 7) is 0.172. The second-order valence-corrected chi connectivity index (χ2v) is 6.74. The Balaban J connectivity index is 1.81. The van der Waals surface area contributed by atoms with Crippen LogP contribution in [0.2, 0.25) is 5.02 Å². The number of hydrogen-bond donors (Lipinski definition) is 2. The molecule has 26 heavy (non-hydrogen) atoms. The number of carbonyl (C=O) groups excluding carboxylic acids is 1. The number of aromatic carboxylic acids is 1. The minimum Gasteiger partial charge on any atom is -0.478 e. The number of carbonyl (C=O) groups is 2. The highest BCUT2D eigenvalue weighted by molar-refractivity contribution is 7.22. The number of non-ortho nitro benzene ring substituents is 1. The van der Waals surface area contributed by atoms with Gasteiger partial charge in [0.15, 0.2) is 0 Å². The van der Waals surface area contributed by atoms with E-state index in [9.17, 15) is 19.7 Å². The van der Waals surface area contributed by atoms with Crippen LogP contribution in [0.4, 0.5) is 5.69 Å². The van der Waals surface area contributed by atoms with E-state index >= 15 is 0 Å². The van der Waals surface area contributed by atoms with Gasteiger partial charge in [0.25, 0.3) is 11.6 Å². The van der Waals surface area contributed by atoms with Crippen molar-refractivity contribution >= 4 is 50.6 Å². The lowest BCUT2D eigenvalue weighted by Gasteiger charge is -2.05. The van der Waals surface area contributed by atoms with E-state index in [0.29, 0.717) is 15.6 Å². The number of nitrogens with zero attached hydrogens (tertiary/aromatic N) is 1. The number of amides is 1. The summed E-state index contributed by atoms with van der Waals surface area (Å²) in [6.07, 6.45) is 0. The minimum atomic E-state index is -1.03. The number of halogens is 1. The molecular formula is C17H11ClN2O5S. The van der Waals surface area contributed by atoms with Crippen molar-refractivity contribution < 1.29 is 19.6 Å². The lowest BCUT2D eigenvalue weighted by atomic mass is 10.1. The van der Waals surface area contributed by atoms with Crippen molar-refractivity contribution in [2.45, 2.75) is 6.54 Å².